The van der Waals surface area contributed by atoms with E-state index in [-0.39, 0.29) is 6.61 Å². The lowest BCUT2D eigenvalue weighted by molar-refractivity contribution is -0.890. The van der Waals surface area contributed by atoms with Gasteiger partial charge in [-0.25, -0.2) is 4.79 Å². The summed E-state index contributed by atoms with van der Waals surface area (Å²) in [5, 5.41) is 0. The summed E-state index contributed by atoms with van der Waals surface area (Å²) in [7, 11) is 1.59. The zero-order valence-corrected chi connectivity index (χ0v) is 16.4. The molecule has 4 nitrogen and oxygen atoms in total. The minimum atomic E-state index is -4.42. The molecular formula is C22H26F3N2O2+. The second-order valence-corrected chi connectivity index (χ2v) is 7.45. The number of rotatable bonds is 6. The first-order valence-electron chi connectivity index (χ1n) is 9.79. The number of likely N-dealkylation sites (N-methyl/N-ethyl adjacent to an activating group) is 1. The standard InChI is InChI=1S/C22H25F3N2O2/c1-26(21(28)29-16-17-8-3-2-4-9-17)20(15-27-12-5-6-13-27)18-10-7-11-19(14-18)22(23,24)25/h2-4,7-11,14,20H,5-6,12-13,15-16H2,1H3/p+1/t20-/m1/s1. The largest absolute Gasteiger partial charge is 0.445 e. The maximum Gasteiger partial charge on any atom is 0.416 e. The molecule has 3 rings (SSSR count). The van der Waals surface area contributed by atoms with Crippen molar-refractivity contribution in [3.8, 4) is 0 Å². The van der Waals surface area contributed by atoms with Crippen LogP contribution in [0.5, 0.6) is 0 Å². The van der Waals surface area contributed by atoms with Crippen LogP contribution in [-0.4, -0.2) is 37.7 Å². The maximum atomic E-state index is 13.2. The van der Waals surface area contributed by atoms with E-state index in [0.29, 0.717) is 12.1 Å². The van der Waals surface area contributed by atoms with E-state index in [1.54, 1.807) is 13.1 Å². The molecule has 0 radical (unpaired) electrons. The van der Waals surface area contributed by atoms with Crippen molar-refractivity contribution in [3.05, 3.63) is 71.3 Å². The van der Waals surface area contributed by atoms with Crippen LogP contribution in [0.3, 0.4) is 0 Å². The molecule has 0 saturated carbocycles. The van der Waals surface area contributed by atoms with Crippen molar-refractivity contribution in [3.63, 3.8) is 0 Å². The lowest BCUT2D eigenvalue weighted by Gasteiger charge is -2.30. The van der Waals surface area contributed by atoms with E-state index in [4.69, 9.17) is 4.74 Å². The fourth-order valence-corrected chi connectivity index (χ4v) is 3.70. The van der Waals surface area contributed by atoms with Crippen molar-refractivity contribution in [2.75, 3.05) is 26.7 Å². The molecule has 1 aliphatic heterocycles. The van der Waals surface area contributed by atoms with Gasteiger partial charge in [0.05, 0.1) is 18.7 Å². The van der Waals surface area contributed by atoms with Gasteiger partial charge in [-0.3, -0.25) is 4.90 Å². The van der Waals surface area contributed by atoms with E-state index in [0.717, 1.165) is 43.6 Å². The predicted octanol–water partition coefficient (Wildman–Crippen LogP) is 3.69. The van der Waals surface area contributed by atoms with Gasteiger partial charge >= 0.3 is 12.3 Å². The van der Waals surface area contributed by atoms with Crippen LogP contribution < -0.4 is 4.90 Å². The molecule has 156 valence electrons. The Morgan fingerprint density at radius 3 is 2.45 bits per heavy atom. The summed E-state index contributed by atoms with van der Waals surface area (Å²) in [6.07, 6.45) is -2.79. The summed E-state index contributed by atoms with van der Waals surface area (Å²) < 4.78 is 45.0. The van der Waals surface area contributed by atoms with E-state index >= 15 is 0 Å². The molecule has 1 fully saturated rings. The third kappa shape index (κ3) is 5.73. The number of ether oxygens (including phenoxy) is 1. The van der Waals surface area contributed by atoms with Gasteiger partial charge in [0.25, 0.3) is 0 Å². The molecule has 2 aromatic carbocycles. The van der Waals surface area contributed by atoms with Crippen LogP contribution in [0.1, 0.15) is 35.6 Å². The highest BCUT2D eigenvalue weighted by Gasteiger charge is 2.33. The molecule has 1 amide bonds. The Balaban J connectivity index is 1.78. The lowest BCUT2D eigenvalue weighted by Crippen LogP contribution is -3.10. The molecular weight excluding hydrogens is 381 g/mol. The minimum absolute atomic E-state index is 0.121. The van der Waals surface area contributed by atoms with E-state index in [1.807, 2.05) is 30.3 Å². The van der Waals surface area contributed by atoms with Gasteiger partial charge in [0, 0.05) is 19.9 Å². The van der Waals surface area contributed by atoms with Crippen molar-refractivity contribution in [1.29, 1.82) is 0 Å². The third-order valence-corrected chi connectivity index (χ3v) is 5.35. The summed E-state index contributed by atoms with van der Waals surface area (Å²) in [6, 6.07) is 14.0. The quantitative estimate of drug-likeness (QED) is 0.793. The Bertz CT molecular complexity index is 805. The molecule has 0 bridgehead atoms. The second kappa shape index (κ2) is 9.31. The number of halogens is 3. The van der Waals surface area contributed by atoms with E-state index in [2.05, 4.69) is 0 Å². The maximum absolute atomic E-state index is 13.2. The first-order valence-corrected chi connectivity index (χ1v) is 9.79. The smallest absolute Gasteiger partial charge is 0.416 e. The molecule has 1 aliphatic rings. The minimum Gasteiger partial charge on any atom is -0.445 e. The Morgan fingerprint density at radius 1 is 1.10 bits per heavy atom. The number of nitrogens with zero attached hydrogens (tertiary/aromatic N) is 1. The first kappa shape index (κ1) is 21.2. The molecule has 1 N–H and O–H groups in total. The molecule has 0 aromatic heterocycles. The highest BCUT2D eigenvalue weighted by molar-refractivity contribution is 5.68. The molecule has 29 heavy (non-hydrogen) atoms. The summed E-state index contributed by atoms with van der Waals surface area (Å²) in [4.78, 5) is 15.4. The number of carbonyl (C=O) groups excluding carboxylic acids is 1. The molecule has 7 heteroatoms. The highest BCUT2D eigenvalue weighted by Crippen LogP contribution is 2.31. The van der Waals surface area contributed by atoms with Gasteiger partial charge in [-0.15, -0.1) is 0 Å². The predicted molar refractivity (Wildman–Crippen MR) is 103 cm³/mol. The number of benzene rings is 2. The Kier molecular flexibility index (Phi) is 6.79. The number of hydrogen-bond acceptors (Lipinski definition) is 2. The zero-order valence-electron chi connectivity index (χ0n) is 16.4. The van der Waals surface area contributed by atoms with E-state index in [1.165, 1.54) is 15.9 Å². The van der Waals surface area contributed by atoms with E-state index in [9.17, 15) is 18.0 Å². The number of likely N-dealkylation sites (tertiary alicyclic amines) is 1. The SMILES string of the molecule is CN(C(=O)OCc1ccccc1)[C@H](C[NH+]1CCCC1)c1cccc(C(F)(F)F)c1. The number of carbonyl (C=O) groups is 1. The number of nitrogens with one attached hydrogen (secondary N) is 1. The van der Waals surface area contributed by atoms with Crippen LogP contribution in [0, 0.1) is 0 Å². The number of alkyl halides is 3. The topological polar surface area (TPSA) is 34.0 Å². The van der Waals surface area contributed by atoms with Crippen LogP contribution in [0.15, 0.2) is 54.6 Å². The van der Waals surface area contributed by atoms with Gasteiger partial charge in [-0.1, -0.05) is 42.5 Å². The van der Waals surface area contributed by atoms with E-state index < -0.39 is 23.9 Å². The van der Waals surface area contributed by atoms with Gasteiger partial charge in [-0.2, -0.15) is 13.2 Å². The van der Waals surface area contributed by atoms with Crippen LogP contribution in [0.4, 0.5) is 18.0 Å². The Hall–Kier alpha value is -2.54. The lowest BCUT2D eigenvalue weighted by atomic mass is 10.0. The third-order valence-electron chi connectivity index (χ3n) is 5.35. The molecule has 0 aliphatic carbocycles. The molecule has 2 aromatic rings. The zero-order chi connectivity index (χ0) is 20.9. The summed E-state index contributed by atoms with van der Waals surface area (Å²) in [5.41, 5.74) is 0.621. The van der Waals surface area contributed by atoms with Crippen molar-refractivity contribution in [2.45, 2.75) is 31.7 Å². The molecule has 0 unspecified atom stereocenters. The van der Waals surface area contributed by atoms with Crippen molar-refractivity contribution in [1.82, 2.24) is 4.90 Å². The first-order chi connectivity index (χ1) is 13.8. The van der Waals surface area contributed by atoms with Crippen LogP contribution >= 0.6 is 0 Å². The molecule has 1 heterocycles. The van der Waals surface area contributed by atoms with Gasteiger partial charge in [-0.05, 0) is 23.3 Å². The van der Waals surface area contributed by atoms with Crippen LogP contribution in [-0.2, 0) is 17.5 Å². The van der Waals surface area contributed by atoms with Crippen molar-refractivity contribution < 1.29 is 27.6 Å². The fraction of sp³-hybridized carbons (Fsp3) is 0.409. The normalized spacial score (nSPS) is 15.9. The van der Waals surface area contributed by atoms with Crippen LogP contribution in [0.2, 0.25) is 0 Å². The second-order valence-electron chi connectivity index (χ2n) is 7.45. The monoisotopic (exact) mass is 407 g/mol. The van der Waals surface area contributed by atoms with Gasteiger partial charge < -0.3 is 9.64 Å². The molecule has 0 spiro atoms. The Morgan fingerprint density at radius 2 is 1.79 bits per heavy atom. The molecule has 1 atom stereocenters. The summed E-state index contributed by atoms with van der Waals surface area (Å²) >= 11 is 0. The highest BCUT2D eigenvalue weighted by atomic mass is 19.4. The fourth-order valence-electron chi connectivity index (χ4n) is 3.70. The number of quaternary nitrogens is 1. The van der Waals surface area contributed by atoms with Gasteiger partial charge in [0.2, 0.25) is 0 Å². The summed E-state index contributed by atoms with van der Waals surface area (Å²) in [5.74, 6) is 0. The Labute approximate surface area is 168 Å². The van der Waals surface area contributed by atoms with Gasteiger partial charge in [0.15, 0.2) is 0 Å². The van der Waals surface area contributed by atoms with Gasteiger partial charge in [0.1, 0.15) is 19.2 Å². The average Bonchev–Trinajstić information content (AvgIpc) is 3.23. The van der Waals surface area contributed by atoms with Crippen molar-refractivity contribution in [2.24, 2.45) is 0 Å². The molecule has 1 saturated heterocycles. The average molecular weight is 407 g/mol. The summed E-state index contributed by atoms with van der Waals surface area (Å²) in [6.45, 7) is 2.60. The van der Waals surface area contributed by atoms with Crippen molar-refractivity contribution >= 4 is 6.09 Å². The number of hydrogen-bond donors (Lipinski definition) is 1. The van der Waals surface area contributed by atoms with Crippen LogP contribution in [0.25, 0.3) is 0 Å². The number of amides is 1.